The highest BCUT2D eigenvalue weighted by atomic mass is 16.3. The van der Waals surface area contributed by atoms with E-state index in [0.29, 0.717) is 0 Å². The van der Waals surface area contributed by atoms with Gasteiger partial charge in [-0.2, -0.15) is 0 Å². The van der Waals surface area contributed by atoms with Crippen molar-refractivity contribution in [3.05, 3.63) is 218 Å². The molecule has 5 heteroatoms. The minimum absolute atomic E-state index is 0.835. The van der Waals surface area contributed by atoms with Gasteiger partial charge in [0.15, 0.2) is 0 Å². The number of furan rings is 1. The largest absolute Gasteiger partial charge is 0.456 e. The standard InChI is InChI=1S/C59H36N4O/c1-8-26-48-38(17-1)39-18-2-9-27-49(39)61(48)37-35-47(60-57(36-37)63-52-30-12-5-21-42(52)43-22-6-13-31-53(43)63)59-45(44-25-16-34-56-58(44)46-23-7-14-33-55(46)64-56)24-15-32-54(59)62-50-28-10-3-19-40(50)41-20-4-11-29-51(41)62/h1-36H. The molecule has 0 amide bonds. The fourth-order valence-corrected chi connectivity index (χ4v) is 10.6. The summed E-state index contributed by atoms with van der Waals surface area (Å²) < 4.78 is 13.7. The van der Waals surface area contributed by atoms with Crippen LogP contribution in [0, 0.1) is 0 Å². The predicted octanol–water partition coefficient (Wildman–Crippen LogP) is 15.6. The average molecular weight is 817 g/mol. The second kappa shape index (κ2) is 13.4. The van der Waals surface area contributed by atoms with Crippen LogP contribution in [0.25, 0.3) is 127 Å². The van der Waals surface area contributed by atoms with Crippen LogP contribution < -0.4 is 0 Å². The highest BCUT2D eigenvalue weighted by molar-refractivity contribution is 6.16. The molecular formula is C59H36N4O. The minimum atomic E-state index is 0.835. The molecule has 0 fully saturated rings. The third-order valence-electron chi connectivity index (χ3n) is 13.3. The molecule has 5 heterocycles. The second-order valence-corrected chi connectivity index (χ2v) is 16.7. The van der Waals surface area contributed by atoms with Crippen LogP contribution in [0.4, 0.5) is 0 Å². The molecule has 9 aromatic carbocycles. The Morgan fingerprint density at radius 3 is 1.30 bits per heavy atom. The Hall–Kier alpha value is -8.67. The van der Waals surface area contributed by atoms with E-state index >= 15 is 0 Å². The highest BCUT2D eigenvalue weighted by Crippen LogP contribution is 2.46. The molecule has 0 aliphatic carbocycles. The van der Waals surface area contributed by atoms with E-state index < -0.39 is 0 Å². The number of rotatable bonds is 5. The van der Waals surface area contributed by atoms with Crippen LogP contribution >= 0.6 is 0 Å². The number of aromatic nitrogens is 4. The summed E-state index contributed by atoms with van der Waals surface area (Å²) in [7, 11) is 0. The van der Waals surface area contributed by atoms with Gasteiger partial charge < -0.3 is 13.6 Å². The van der Waals surface area contributed by atoms with Gasteiger partial charge in [0.2, 0.25) is 0 Å². The molecule has 0 bridgehead atoms. The lowest BCUT2D eigenvalue weighted by atomic mass is 9.92. The van der Waals surface area contributed by atoms with Gasteiger partial charge in [0.1, 0.15) is 17.0 Å². The summed E-state index contributed by atoms with van der Waals surface area (Å²) in [4.78, 5) is 5.88. The van der Waals surface area contributed by atoms with Gasteiger partial charge in [-0.3, -0.25) is 4.57 Å². The smallest absolute Gasteiger partial charge is 0.140 e. The lowest BCUT2D eigenvalue weighted by molar-refractivity contribution is 0.669. The van der Waals surface area contributed by atoms with Gasteiger partial charge >= 0.3 is 0 Å². The third kappa shape index (κ3) is 4.92. The summed E-state index contributed by atoms with van der Waals surface area (Å²) in [5.41, 5.74) is 14.6. The summed E-state index contributed by atoms with van der Waals surface area (Å²) in [6.07, 6.45) is 0. The van der Waals surface area contributed by atoms with Crippen LogP contribution in [0.1, 0.15) is 0 Å². The minimum Gasteiger partial charge on any atom is -0.456 e. The lowest BCUT2D eigenvalue weighted by Crippen LogP contribution is -2.06. The number of hydrogen-bond acceptors (Lipinski definition) is 2. The number of pyridine rings is 1. The molecule has 0 radical (unpaired) electrons. The van der Waals surface area contributed by atoms with Gasteiger partial charge in [0.05, 0.1) is 50.2 Å². The summed E-state index contributed by atoms with van der Waals surface area (Å²) in [6, 6.07) is 78.4. The van der Waals surface area contributed by atoms with E-state index in [9.17, 15) is 0 Å². The normalized spacial score (nSPS) is 12.1. The first-order valence-corrected chi connectivity index (χ1v) is 21.8. The molecule has 0 unspecified atom stereocenters. The van der Waals surface area contributed by atoms with Gasteiger partial charge in [-0.25, -0.2) is 4.98 Å². The summed E-state index contributed by atoms with van der Waals surface area (Å²) >= 11 is 0. The van der Waals surface area contributed by atoms with Gasteiger partial charge in [0, 0.05) is 54.7 Å². The number of hydrogen-bond donors (Lipinski definition) is 0. The summed E-state index contributed by atoms with van der Waals surface area (Å²) in [5.74, 6) is 0.835. The summed E-state index contributed by atoms with van der Waals surface area (Å²) in [6.45, 7) is 0. The molecule has 5 aromatic heterocycles. The van der Waals surface area contributed by atoms with E-state index in [-0.39, 0.29) is 0 Å². The first kappa shape index (κ1) is 35.0. The molecule has 0 aliphatic heterocycles. The third-order valence-corrected chi connectivity index (χ3v) is 13.3. The van der Waals surface area contributed by atoms with E-state index in [1.54, 1.807) is 0 Å². The Morgan fingerprint density at radius 2 is 0.750 bits per heavy atom. The molecule has 14 rings (SSSR count). The van der Waals surface area contributed by atoms with Gasteiger partial charge in [-0.05, 0) is 71.8 Å². The number of fused-ring (bicyclic) bond motifs is 12. The topological polar surface area (TPSA) is 40.8 Å². The second-order valence-electron chi connectivity index (χ2n) is 16.7. The van der Waals surface area contributed by atoms with Gasteiger partial charge in [0.25, 0.3) is 0 Å². The Balaban J connectivity index is 1.18. The maximum atomic E-state index is 6.55. The maximum Gasteiger partial charge on any atom is 0.140 e. The van der Waals surface area contributed by atoms with Crippen molar-refractivity contribution in [1.82, 2.24) is 18.7 Å². The summed E-state index contributed by atoms with van der Waals surface area (Å²) in [5, 5.41) is 9.37. The fourth-order valence-electron chi connectivity index (χ4n) is 10.6. The van der Waals surface area contributed by atoms with E-state index in [1.807, 2.05) is 6.07 Å². The number of nitrogens with zero attached hydrogens (tertiary/aromatic N) is 4. The molecule has 0 aliphatic rings. The van der Waals surface area contributed by atoms with E-state index in [4.69, 9.17) is 9.40 Å². The average Bonchev–Trinajstić information content (AvgIpc) is 4.10. The van der Waals surface area contributed by atoms with Crippen molar-refractivity contribution in [2.75, 3.05) is 0 Å². The zero-order valence-electron chi connectivity index (χ0n) is 34.5. The monoisotopic (exact) mass is 816 g/mol. The molecular weight excluding hydrogens is 781 g/mol. The van der Waals surface area contributed by atoms with Crippen LogP contribution in [0.3, 0.4) is 0 Å². The van der Waals surface area contributed by atoms with E-state index in [0.717, 1.165) is 94.6 Å². The molecule has 0 atom stereocenters. The fraction of sp³-hybridized carbons (Fsp3) is 0. The first-order chi connectivity index (χ1) is 31.8. The van der Waals surface area contributed by atoms with Crippen LogP contribution in [0.15, 0.2) is 223 Å². The highest BCUT2D eigenvalue weighted by Gasteiger charge is 2.25. The van der Waals surface area contributed by atoms with Crippen LogP contribution in [0.2, 0.25) is 0 Å². The lowest BCUT2D eigenvalue weighted by Gasteiger charge is -2.20. The van der Waals surface area contributed by atoms with Gasteiger partial charge in [-0.15, -0.1) is 0 Å². The van der Waals surface area contributed by atoms with Crippen molar-refractivity contribution in [3.8, 4) is 39.6 Å². The quantitative estimate of drug-likeness (QED) is 0.174. The van der Waals surface area contributed by atoms with E-state index in [2.05, 4.69) is 226 Å². The van der Waals surface area contributed by atoms with Crippen molar-refractivity contribution >= 4 is 87.4 Å². The van der Waals surface area contributed by atoms with Crippen LogP contribution in [0.5, 0.6) is 0 Å². The SMILES string of the molecule is c1cc(-c2cccc3oc4ccccc4c23)c(-c2cc(-n3c4ccccc4c4ccccc43)cc(-n3c4ccccc4c4ccccc43)n2)c(-n2c3ccccc3c3ccccc32)c1. The van der Waals surface area contributed by atoms with Crippen molar-refractivity contribution in [3.63, 3.8) is 0 Å². The molecule has 14 aromatic rings. The van der Waals surface area contributed by atoms with Crippen LogP contribution in [-0.2, 0) is 0 Å². The van der Waals surface area contributed by atoms with Crippen molar-refractivity contribution in [2.45, 2.75) is 0 Å². The zero-order chi connectivity index (χ0) is 41.9. The molecule has 0 N–H and O–H groups in total. The van der Waals surface area contributed by atoms with Crippen molar-refractivity contribution in [1.29, 1.82) is 0 Å². The Labute approximate surface area is 366 Å². The van der Waals surface area contributed by atoms with Crippen LogP contribution in [-0.4, -0.2) is 18.7 Å². The molecule has 0 saturated heterocycles. The number of benzene rings is 9. The zero-order valence-corrected chi connectivity index (χ0v) is 34.5. The Kier molecular flexibility index (Phi) is 7.33. The molecule has 5 nitrogen and oxygen atoms in total. The number of para-hydroxylation sites is 7. The maximum absolute atomic E-state index is 6.55. The molecule has 0 saturated carbocycles. The first-order valence-electron chi connectivity index (χ1n) is 21.8. The molecule has 0 spiro atoms. The Bertz CT molecular complexity index is 3920. The van der Waals surface area contributed by atoms with Crippen molar-refractivity contribution in [2.24, 2.45) is 0 Å². The Morgan fingerprint density at radius 1 is 0.328 bits per heavy atom. The predicted molar refractivity (Wildman–Crippen MR) is 265 cm³/mol. The molecule has 64 heavy (non-hydrogen) atoms. The van der Waals surface area contributed by atoms with Gasteiger partial charge in [-0.1, -0.05) is 152 Å². The van der Waals surface area contributed by atoms with E-state index in [1.165, 1.54) is 32.3 Å². The molecule has 298 valence electrons. The van der Waals surface area contributed by atoms with Crippen molar-refractivity contribution < 1.29 is 4.42 Å².